The standard InChI is InChI=1S/C16H17ClN2OS/c1-16(2,3)11-6-4-5-7-13(11)20-14-12(10-17)19-8-9-21-15(19)18-14/h4-9H,10H2,1-3H3. The van der Waals surface area contributed by atoms with Crippen LogP contribution in [0.25, 0.3) is 4.96 Å². The predicted octanol–water partition coefficient (Wildman–Crippen LogP) is 5.22. The minimum atomic E-state index is 0.00877. The Morgan fingerprint density at radius 3 is 2.76 bits per heavy atom. The molecule has 0 N–H and O–H groups in total. The van der Waals surface area contributed by atoms with Crippen LogP contribution in [0.5, 0.6) is 11.6 Å². The summed E-state index contributed by atoms with van der Waals surface area (Å²) in [5, 5.41) is 1.99. The van der Waals surface area contributed by atoms with Crippen LogP contribution in [0, 0.1) is 0 Å². The summed E-state index contributed by atoms with van der Waals surface area (Å²) in [4.78, 5) is 5.43. The molecule has 0 aliphatic heterocycles. The van der Waals surface area contributed by atoms with Crippen LogP contribution in [-0.2, 0) is 11.3 Å². The molecule has 5 heteroatoms. The molecule has 0 amide bonds. The molecule has 3 aromatic rings. The van der Waals surface area contributed by atoms with Gasteiger partial charge in [-0.15, -0.1) is 22.9 Å². The summed E-state index contributed by atoms with van der Waals surface area (Å²) in [5.41, 5.74) is 2.05. The van der Waals surface area contributed by atoms with Crippen LogP contribution in [0.4, 0.5) is 0 Å². The van der Waals surface area contributed by atoms with Crippen molar-refractivity contribution in [1.29, 1.82) is 0 Å². The molecule has 0 fully saturated rings. The number of rotatable bonds is 3. The molecular formula is C16H17ClN2OS. The third-order valence-corrected chi connectivity index (χ3v) is 4.36. The Hall–Kier alpha value is -1.52. The SMILES string of the molecule is CC(C)(C)c1ccccc1Oc1nc2sccn2c1CCl. The number of ether oxygens (including phenoxy) is 1. The van der Waals surface area contributed by atoms with Gasteiger partial charge in [0.15, 0.2) is 4.96 Å². The molecule has 0 aliphatic carbocycles. The van der Waals surface area contributed by atoms with E-state index in [1.807, 2.05) is 34.2 Å². The van der Waals surface area contributed by atoms with E-state index in [-0.39, 0.29) is 5.41 Å². The average Bonchev–Trinajstić information content (AvgIpc) is 2.98. The molecule has 0 unspecified atom stereocenters. The molecule has 21 heavy (non-hydrogen) atoms. The first-order valence-electron chi connectivity index (χ1n) is 6.78. The minimum Gasteiger partial charge on any atom is -0.437 e. The van der Waals surface area contributed by atoms with E-state index in [0.717, 1.165) is 22.0 Å². The number of fused-ring (bicyclic) bond motifs is 1. The van der Waals surface area contributed by atoms with Gasteiger partial charge in [0.25, 0.3) is 0 Å². The highest BCUT2D eigenvalue weighted by atomic mass is 35.5. The number of benzene rings is 1. The van der Waals surface area contributed by atoms with Crippen LogP contribution in [-0.4, -0.2) is 9.38 Å². The summed E-state index contributed by atoms with van der Waals surface area (Å²) in [6, 6.07) is 8.07. The maximum Gasteiger partial charge on any atom is 0.243 e. The highest BCUT2D eigenvalue weighted by Crippen LogP contribution is 2.35. The van der Waals surface area contributed by atoms with Crippen molar-refractivity contribution in [2.45, 2.75) is 32.1 Å². The Balaban J connectivity index is 2.05. The Morgan fingerprint density at radius 1 is 1.29 bits per heavy atom. The largest absolute Gasteiger partial charge is 0.437 e. The van der Waals surface area contributed by atoms with E-state index in [1.54, 1.807) is 11.3 Å². The molecule has 2 aromatic heterocycles. The van der Waals surface area contributed by atoms with Crippen molar-refractivity contribution in [2.75, 3.05) is 0 Å². The number of halogens is 1. The first-order chi connectivity index (χ1) is 10.0. The van der Waals surface area contributed by atoms with Gasteiger partial charge in [-0.3, -0.25) is 4.40 Å². The van der Waals surface area contributed by atoms with Crippen molar-refractivity contribution in [1.82, 2.24) is 9.38 Å². The fourth-order valence-electron chi connectivity index (χ4n) is 2.30. The lowest BCUT2D eigenvalue weighted by Crippen LogP contribution is -2.12. The van der Waals surface area contributed by atoms with Crippen molar-refractivity contribution in [3.63, 3.8) is 0 Å². The number of aromatic nitrogens is 2. The molecule has 0 saturated carbocycles. The van der Waals surface area contributed by atoms with Crippen LogP contribution >= 0.6 is 22.9 Å². The van der Waals surface area contributed by atoms with Crippen molar-refractivity contribution < 1.29 is 4.74 Å². The zero-order valence-corrected chi connectivity index (χ0v) is 13.8. The number of imidazole rings is 1. The smallest absolute Gasteiger partial charge is 0.243 e. The number of alkyl halides is 1. The van der Waals surface area contributed by atoms with Gasteiger partial charge in [-0.2, -0.15) is 4.98 Å². The van der Waals surface area contributed by atoms with Gasteiger partial charge in [0, 0.05) is 17.1 Å². The van der Waals surface area contributed by atoms with Gasteiger partial charge in [-0.25, -0.2) is 0 Å². The van der Waals surface area contributed by atoms with E-state index < -0.39 is 0 Å². The van der Waals surface area contributed by atoms with Gasteiger partial charge < -0.3 is 4.74 Å². The van der Waals surface area contributed by atoms with Crippen molar-refractivity contribution in [3.8, 4) is 11.6 Å². The predicted molar refractivity (Wildman–Crippen MR) is 87.8 cm³/mol. The van der Waals surface area contributed by atoms with Gasteiger partial charge in [0.05, 0.1) is 5.88 Å². The van der Waals surface area contributed by atoms with Gasteiger partial charge in [-0.05, 0) is 11.5 Å². The number of hydrogen-bond donors (Lipinski definition) is 0. The van der Waals surface area contributed by atoms with Crippen LogP contribution in [0.1, 0.15) is 32.0 Å². The zero-order valence-electron chi connectivity index (χ0n) is 12.3. The lowest BCUT2D eigenvalue weighted by molar-refractivity contribution is 0.439. The van der Waals surface area contributed by atoms with Gasteiger partial charge in [0.1, 0.15) is 11.4 Å². The third-order valence-electron chi connectivity index (χ3n) is 3.35. The molecule has 0 radical (unpaired) electrons. The zero-order chi connectivity index (χ0) is 15.0. The van der Waals surface area contributed by atoms with E-state index in [0.29, 0.717) is 11.8 Å². The van der Waals surface area contributed by atoms with E-state index >= 15 is 0 Å². The molecule has 0 spiro atoms. The van der Waals surface area contributed by atoms with Crippen LogP contribution < -0.4 is 4.74 Å². The summed E-state index contributed by atoms with van der Waals surface area (Å²) in [6.45, 7) is 6.51. The number of hydrogen-bond acceptors (Lipinski definition) is 3. The summed E-state index contributed by atoms with van der Waals surface area (Å²) < 4.78 is 8.07. The van der Waals surface area contributed by atoms with E-state index in [9.17, 15) is 0 Å². The summed E-state index contributed by atoms with van der Waals surface area (Å²) >= 11 is 7.64. The fourth-order valence-corrected chi connectivity index (χ4v) is 3.26. The Kier molecular flexibility index (Phi) is 3.68. The molecular weight excluding hydrogens is 304 g/mol. The second-order valence-corrected chi connectivity index (χ2v) is 7.04. The highest BCUT2D eigenvalue weighted by Gasteiger charge is 2.21. The summed E-state index contributed by atoms with van der Waals surface area (Å²) in [7, 11) is 0. The minimum absolute atomic E-state index is 0.00877. The lowest BCUT2D eigenvalue weighted by atomic mass is 9.86. The van der Waals surface area contributed by atoms with Crippen molar-refractivity contribution in [3.05, 3.63) is 47.1 Å². The molecule has 1 aromatic carbocycles. The topological polar surface area (TPSA) is 26.5 Å². The first-order valence-corrected chi connectivity index (χ1v) is 8.20. The number of para-hydroxylation sites is 1. The number of thiazole rings is 1. The normalized spacial score (nSPS) is 12.0. The van der Waals surface area contributed by atoms with E-state index in [1.165, 1.54) is 0 Å². The van der Waals surface area contributed by atoms with Crippen LogP contribution in [0.2, 0.25) is 0 Å². The number of nitrogens with zero attached hydrogens (tertiary/aromatic N) is 2. The fraction of sp³-hybridized carbons (Fsp3) is 0.312. The Bertz CT molecular complexity index is 770. The maximum absolute atomic E-state index is 6.09. The highest BCUT2D eigenvalue weighted by molar-refractivity contribution is 7.15. The lowest BCUT2D eigenvalue weighted by Gasteiger charge is -2.22. The van der Waals surface area contributed by atoms with Crippen molar-refractivity contribution >= 4 is 27.9 Å². The summed E-state index contributed by atoms with van der Waals surface area (Å²) in [6.07, 6.45) is 1.97. The second-order valence-electron chi connectivity index (χ2n) is 5.90. The molecule has 110 valence electrons. The van der Waals surface area contributed by atoms with E-state index in [4.69, 9.17) is 16.3 Å². The molecule has 2 heterocycles. The molecule has 0 bridgehead atoms. The maximum atomic E-state index is 6.09. The summed E-state index contributed by atoms with van der Waals surface area (Å²) in [5.74, 6) is 1.79. The quantitative estimate of drug-likeness (QED) is 0.618. The van der Waals surface area contributed by atoms with Gasteiger partial charge in [-0.1, -0.05) is 39.0 Å². The Labute approximate surface area is 133 Å². The van der Waals surface area contributed by atoms with E-state index in [2.05, 4.69) is 31.8 Å². The third kappa shape index (κ3) is 2.65. The van der Waals surface area contributed by atoms with Crippen molar-refractivity contribution in [2.24, 2.45) is 0 Å². The van der Waals surface area contributed by atoms with Crippen LogP contribution in [0.3, 0.4) is 0 Å². The monoisotopic (exact) mass is 320 g/mol. The Morgan fingerprint density at radius 2 is 2.05 bits per heavy atom. The molecule has 0 atom stereocenters. The first kappa shape index (κ1) is 14.4. The molecule has 0 saturated heterocycles. The van der Waals surface area contributed by atoms with Gasteiger partial charge >= 0.3 is 0 Å². The molecule has 3 rings (SSSR count). The molecule has 3 nitrogen and oxygen atoms in total. The van der Waals surface area contributed by atoms with Gasteiger partial charge in [0.2, 0.25) is 5.88 Å². The molecule has 0 aliphatic rings. The second kappa shape index (κ2) is 5.35. The van der Waals surface area contributed by atoms with Crippen LogP contribution in [0.15, 0.2) is 35.8 Å². The average molecular weight is 321 g/mol.